The molecule has 0 amide bonds. The molecule has 0 saturated heterocycles. The molecule has 2 aromatic rings. The number of allylic oxidation sites excluding steroid dienone is 22. The summed E-state index contributed by atoms with van der Waals surface area (Å²) in [6.45, 7) is 26.6. The molecular weight excluding hydrogens is 1040 g/mol. The fourth-order valence-electron chi connectivity index (χ4n) is 9.36. The first-order valence-corrected chi connectivity index (χ1v) is 30.7. The first kappa shape index (κ1) is 73.2. The van der Waals surface area contributed by atoms with Crippen LogP contribution >= 0.6 is 0 Å². The Morgan fingerprint density at radius 2 is 0.810 bits per heavy atom. The fourth-order valence-corrected chi connectivity index (χ4v) is 9.36. The van der Waals surface area contributed by atoms with Crippen LogP contribution < -0.4 is 0 Å². The summed E-state index contributed by atoms with van der Waals surface area (Å²) in [6.07, 6.45) is 47.8. The fraction of sp³-hybridized carbons (Fsp3) is 0.461. The first-order valence-electron chi connectivity index (χ1n) is 30.7. The summed E-state index contributed by atoms with van der Waals surface area (Å²) in [5.41, 5.74) is 17.2. The molecule has 8 heteroatoms. The van der Waals surface area contributed by atoms with Gasteiger partial charge in [-0.05, 0) is 234 Å². The summed E-state index contributed by atoms with van der Waals surface area (Å²) in [5, 5.41) is 18.5. The molecule has 1 aliphatic rings. The zero-order valence-electron chi connectivity index (χ0n) is 54.2. The molecule has 0 spiro atoms. The summed E-state index contributed by atoms with van der Waals surface area (Å²) >= 11 is 0. The molecule has 0 aliphatic heterocycles. The Morgan fingerprint density at radius 3 is 1.17 bits per heavy atom. The van der Waals surface area contributed by atoms with Crippen LogP contribution in [0.25, 0.3) is 6.08 Å². The molecule has 84 heavy (non-hydrogen) atoms. The number of ether oxygens (including phenoxy) is 3. The van der Waals surface area contributed by atoms with Crippen LogP contribution in [0.4, 0.5) is 0 Å². The number of aromatic hydroxyl groups is 2. The van der Waals surface area contributed by atoms with Gasteiger partial charge in [0.25, 0.3) is 0 Å². The van der Waals surface area contributed by atoms with Crippen molar-refractivity contribution < 1.29 is 38.8 Å². The van der Waals surface area contributed by atoms with Crippen LogP contribution in [0.15, 0.2) is 194 Å². The molecule has 2 aromatic carbocycles. The first-order chi connectivity index (χ1) is 40.1. The van der Waals surface area contributed by atoms with Crippen LogP contribution in [0.1, 0.15) is 216 Å². The standard InChI is InChI=1S/C59H90O4.C17H16O4/c1-44(2)24-15-25-45(3)26-16-27-46(4)28-17-29-47(5)30-18-31-48(6)32-19-33-49(7)34-20-35-50(8)36-21-37-51(9)38-22-39-52(10)40-23-41-53(11)42-43-55-54(12)56(60)58(62-13)59(63-14)57(55)61;18-15-8-6-14(12-16(15)19)7-9-17(20)21-11-10-13-4-2-1-3-5-13/h24,26,28,30,32,34,36,38,40,42H,15-23,25,27,29,31,33,35,37,39,41,43H2,1-14H3;1-9,12,18-19H,10-11H2/b45-26+,46-28+,47-30+,48-32+,49-34+,50-36+,51-38+,52-40+,53-42+;9-7+. The number of phenolic OH excluding ortho intramolecular Hbond substituents is 2. The van der Waals surface area contributed by atoms with E-state index in [2.05, 4.69) is 137 Å². The smallest absolute Gasteiger partial charge is 0.330 e. The normalized spacial score (nSPS) is 14.6. The molecule has 1 aliphatic carbocycles. The highest BCUT2D eigenvalue weighted by molar-refractivity contribution is 6.23. The van der Waals surface area contributed by atoms with Crippen LogP contribution in [0.3, 0.4) is 0 Å². The van der Waals surface area contributed by atoms with E-state index >= 15 is 0 Å². The van der Waals surface area contributed by atoms with Crippen molar-refractivity contribution in [3.63, 3.8) is 0 Å². The summed E-state index contributed by atoms with van der Waals surface area (Å²) in [7, 11) is 2.78. The topological polar surface area (TPSA) is 119 Å². The van der Waals surface area contributed by atoms with E-state index < -0.39 is 5.97 Å². The van der Waals surface area contributed by atoms with Gasteiger partial charge in [-0.2, -0.15) is 0 Å². The molecule has 0 unspecified atom stereocenters. The van der Waals surface area contributed by atoms with Crippen LogP contribution in [0.2, 0.25) is 0 Å². The van der Waals surface area contributed by atoms with Gasteiger partial charge < -0.3 is 24.4 Å². The number of esters is 1. The van der Waals surface area contributed by atoms with Gasteiger partial charge in [-0.25, -0.2) is 4.79 Å². The summed E-state index contributed by atoms with van der Waals surface area (Å²) < 4.78 is 15.4. The molecule has 0 bridgehead atoms. The van der Waals surface area contributed by atoms with E-state index in [1.807, 2.05) is 30.3 Å². The maximum Gasteiger partial charge on any atom is 0.330 e. The van der Waals surface area contributed by atoms with Crippen molar-refractivity contribution in [2.45, 2.75) is 212 Å². The van der Waals surface area contributed by atoms with Gasteiger partial charge in [0.1, 0.15) is 0 Å². The van der Waals surface area contributed by atoms with Crippen LogP contribution in [0, 0.1) is 0 Å². The van der Waals surface area contributed by atoms with E-state index in [4.69, 9.17) is 14.2 Å². The summed E-state index contributed by atoms with van der Waals surface area (Å²) in [4.78, 5) is 37.1. The minimum atomic E-state index is -0.446. The average molecular weight is 1150 g/mol. The second-order valence-electron chi connectivity index (χ2n) is 23.1. The van der Waals surface area contributed by atoms with Crippen molar-refractivity contribution in [2.24, 2.45) is 0 Å². The molecule has 0 aromatic heterocycles. The van der Waals surface area contributed by atoms with E-state index in [1.54, 1.807) is 13.0 Å². The average Bonchev–Trinajstić information content (AvgIpc) is 3.65. The summed E-state index contributed by atoms with van der Waals surface area (Å²) in [6, 6.07) is 14.1. The van der Waals surface area contributed by atoms with Gasteiger partial charge in [0.05, 0.1) is 20.8 Å². The molecule has 0 heterocycles. The third-order valence-corrected chi connectivity index (χ3v) is 15.0. The molecule has 0 radical (unpaired) electrons. The van der Waals surface area contributed by atoms with E-state index in [0.717, 1.165) is 102 Å². The lowest BCUT2D eigenvalue weighted by atomic mass is 9.90. The quantitative estimate of drug-likeness (QED) is 0.0228. The van der Waals surface area contributed by atoms with E-state index in [-0.39, 0.29) is 34.6 Å². The molecule has 0 atom stereocenters. The molecule has 0 fully saturated rings. The SMILES string of the molecule is COC1=C(OC)C(=O)C(C/C=C(\C)CC/C=C(\C)CC/C=C(\C)CC/C=C(\C)CC/C=C(\C)CC/C=C(\C)CC/C=C(\C)CC/C=C(\C)CC/C=C(\C)CCC=C(C)C)=C(C)C1=O.O=C(/C=C/c1ccc(O)c(O)c1)OCCc1ccccc1. The lowest BCUT2D eigenvalue weighted by Crippen LogP contribution is -2.24. The van der Waals surface area contributed by atoms with E-state index in [1.165, 1.54) is 113 Å². The van der Waals surface area contributed by atoms with Gasteiger partial charge in [0.15, 0.2) is 11.5 Å². The Hall–Kier alpha value is -6.93. The molecule has 0 saturated carbocycles. The molecular formula is C76H106O8. The molecule has 8 nitrogen and oxygen atoms in total. The number of methoxy groups -OCH3 is 2. The zero-order chi connectivity index (χ0) is 62.2. The third kappa shape index (κ3) is 32.8. The second kappa shape index (κ2) is 42.8. The zero-order valence-corrected chi connectivity index (χ0v) is 54.2. The van der Waals surface area contributed by atoms with Gasteiger partial charge in [0, 0.05) is 23.6 Å². The maximum absolute atomic E-state index is 12.9. The lowest BCUT2D eigenvalue weighted by molar-refractivity contribution is -0.137. The number of phenols is 2. The highest BCUT2D eigenvalue weighted by Crippen LogP contribution is 2.29. The monoisotopic (exact) mass is 1150 g/mol. The predicted octanol–water partition coefficient (Wildman–Crippen LogP) is 20.8. The predicted molar refractivity (Wildman–Crippen MR) is 355 cm³/mol. The Morgan fingerprint density at radius 1 is 0.452 bits per heavy atom. The van der Waals surface area contributed by atoms with Crippen molar-refractivity contribution in [3.8, 4) is 11.5 Å². The Bertz CT molecular complexity index is 2820. The number of benzene rings is 2. The number of hydrogen-bond donors (Lipinski definition) is 2. The second-order valence-corrected chi connectivity index (χ2v) is 23.1. The minimum absolute atomic E-state index is 0.00667. The molecule has 458 valence electrons. The summed E-state index contributed by atoms with van der Waals surface area (Å²) in [5.74, 6) is -1.44. The van der Waals surface area contributed by atoms with Gasteiger partial charge in [-0.3, -0.25) is 9.59 Å². The van der Waals surface area contributed by atoms with E-state index in [0.29, 0.717) is 36.2 Å². The van der Waals surface area contributed by atoms with E-state index in [9.17, 15) is 24.6 Å². The van der Waals surface area contributed by atoms with Gasteiger partial charge in [-0.1, -0.05) is 153 Å². The van der Waals surface area contributed by atoms with Crippen molar-refractivity contribution in [1.29, 1.82) is 0 Å². The number of ketones is 2. The van der Waals surface area contributed by atoms with Gasteiger partial charge >= 0.3 is 5.97 Å². The largest absolute Gasteiger partial charge is 0.504 e. The van der Waals surface area contributed by atoms with Gasteiger partial charge in [0.2, 0.25) is 23.1 Å². The minimum Gasteiger partial charge on any atom is -0.504 e. The van der Waals surface area contributed by atoms with Crippen molar-refractivity contribution in [3.05, 3.63) is 205 Å². The Labute approximate surface area is 508 Å². The van der Waals surface area contributed by atoms with Gasteiger partial charge in [-0.15, -0.1) is 0 Å². The number of rotatable bonds is 36. The number of carbonyl (C=O) groups excluding carboxylic acids is 3. The third-order valence-electron chi connectivity index (χ3n) is 15.0. The van der Waals surface area contributed by atoms with Crippen molar-refractivity contribution in [1.82, 2.24) is 0 Å². The van der Waals surface area contributed by atoms with Crippen LogP contribution in [-0.2, 0) is 35.0 Å². The highest BCUT2D eigenvalue weighted by atomic mass is 16.5. The van der Waals surface area contributed by atoms with Crippen LogP contribution in [0.5, 0.6) is 11.5 Å². The van der Waals surface area contributed by atoms with Crippen molar-refractivity contribution in [2.75, 3.05) is 20.8 Å². The van der Waals surface area contributed by atoms with Crippen LogP contribution in [-0.4, -0.2) is 48.6 Å². The Balaban J connectivity index is 0.000000949. The Kier molecular flexibility index (Phi) is 37.3. The number of hydrogen-bond acceptors (Lipinski definition) is 8. The van der Waals surface area contributed by atoms with Crippen molar-refractivity contribution >= 4 is 23.6 Å². The lowest BCUT2D eigenvalue weighted by Gasteiger charge is -2.19. The molecule has 2 N–H and O–H groups in total. The number of carbonyl (C=O) groups is 3. The highest BCUT2D eigenvalue weighted by Gasteiger charge is 2.34. The number of Topliss-reactive ketones (excluding diaryl/α,β-unsaturated/α-hetero) is 2. The molecule has 3 rings (SSSR count). The maximum atomic E-state index is 12.9.